The van der Waals surface area contributed by atoms with E-state index in [-0.39, 0.29) is 24.4 Å². The first-order valence-corrected chi connectivity index (χ1v) is 6.18. The fourth-order valence-corrected chi connectivity index (χ4v) is 2.18. The van der Waals surface area contributed by atoms with Crippen molar-refractivity contribution >= 4 is 18.3 Å². The second-order valence-corrected chi connectivity index (χ2v) is 4.85. The Morgan fingerprint density at radius 1 is 1.33 bits per heavy atom. The van der Waals surface area contributed by atoms with E-state index in [0.29, 0.717) is 0 Å². The van der Waals surface area contributed by atoms with Gasteiger partial charge in [0.25, 0.3) is 5.91 Å². The Morgan fingerprint density at radius 2 is 2.06 bits per heavy atom. The number of rotatable bonds is 1. The molecular formula is C14H21ClN2O. The van der Waals surface area contributed by atoms with Crippen LogP contribution in [0.25, 0.3) is 0 Å². The molecule has 0 radical (unpaired) electrons. The number of aryl methyl sites for hydroxylation is 2. The molecule has 100 valence electrons. The second-order valence-electron chi connectivity index (χ2n) is 4.85. The van der Waals surface area contributed by atoms with Crippen molar-refractivity contribution in [1.82, 2.24) is 10.2 Å². The molecule has 0 saturated carbocycles. The molecule has 1 aliphatic rings. The SMILES string of the molecule is Cc1ccc(C(=O)N2CCNC[C@H]2C)cc1C.Cl. The van der Waals surface area contributed by atoms with Crippen LogP contribution in [0.1, 0.15) is 28.4 Å². The minimum Gasteiger partial charge on any atom is -0.333 e. The lowest BCUT2D eigenvalue weighted by Gasteiger charge is -2.34. The lowest BCUT2D eigenvalue weighted by atomic mass is 10.0. The van der Waals surface area contributed by atoms with Gasteiger partial charge in [-0.05, 0) is 44.0 Å². The summed E-state index contributed by atoms with van der Waals surface area (Å²) in [7, 11) is 0. The number of nitrogens with zero attached hydrogens (tertiary/aromatic N) is 1. The minimum absolute atomic E-state index is 0. The number of benzene rings is 1. The van der Waals surface area contributed by atoms with Crippen LogP contribution in [0.5, 0.6) is 0 Å². The maximum Gasteiger partial charge on any atom is 0.254 e. The largest absolute Gasteiger partial charge is 0.333 e. The molecule has 0 aromatic heterocycles. The third-order valence-electron chi connectivity index (χ3n) is 3.52. The average molecular weight is 269 g/mol. The van der Waals surface area contributed by atoms with E-state index in [1.54, 1.807) is 0 Å². The fraction of sp³-hybridized carbons (Fsp3) is 0.500. The highest BCUT2D eigenvalue weighted by atomic mass is 35.5. The van der Waals surface area contributed by atoms with Crippen LogP contribution in [0.15, 0.2) is 18.2 Å². The Hall–Kier alpha value is -1.06. The summed E-state index contributed by atoms with van der Waals surface area (Å²) in [6.45, 7) is 8.78. The molecule has 2 rings (SSSR count). The summed E-state index contributed by atoms with van der Waals surface area (Å²) in [5.74, 6) is 0.155. The van der Waals surface area contributed by atoms with Gasteiger partial charge in [0.1, 0.15) is 0 Å². The number of hydrogen-bond acceptors (Lipinski definition) is 2. The molecule has 3 nitrogen and oxygen atoms in total. The average Bonchev–Trinajstić information content (AvgIpc) is 2.32. The van der Waals surface area contributed by atoms with Gasteiger partial charge in [-0.3, -0.25) is 4.79 Å². The van der Waals surface area contributed by atoms with Crippen molar-refractivity contribution in [3.8, 4) is 0 Å². The molecule has 0 bridgehead atoms. The second kappa shape index (κ2) is 6.21. The molecule has 1 saturated heterocycles. The van der Waals surface area contributed by atoms with Crippen molar-refractivity contribution in [2.75, 3.05) is 19.6 Å². The molecule has 1 amide bonds. The lowest BCUT2D eigenvalue weighted by molar-refractivity contribution is 0.0655. The summed E-state index contributed by atoms with van der Waals surface area (Å²) in [5.41, 5.74) is 3.22. The summed E-state index contributed by atoms with van der Waals surface area (Å²) in [5, 5.41) is 3.30. The first-order valence-electron chi connectivity index (χ1n) is 6.18. The Balaban J connectivity index is 0.00000162. The summed E-state index contributed by atoms with van der Waals surface area (Å²) < 4.78 is 0. The van der Waals surface area contributed by atoms with Crippen LogP contribution in [0, 0.1) is 13.8 Å². The van der Waals surface area contributed by atoms with Gasteiger partial charge in [0.2, 0.25) is 0 Å². The fourth-order valence-electron chi connectivity index (χ4n) is 2.18. The van der Waals surface area contributed by atoms with Crippen molar-refractivity contribution in [2.24, 2.45) is 0 Å². The molecule has 1 aromatic rings. The molecule has 1 atom stereocenters. The van der Waals surface area contributed by atoms with Crippen LogP contribution in [0.2, 0.25) is 0 Å². The van der Waals surface area contributed by atoms with Gasteiger partial charge in [-0.1, -0.05) is 6.07 Å². The molecular weight excluding hydrogens is 248 g/mol. The van der Waals surface area contributed by atoms with Crippen molar-refractivity contribution in [1.29, 1.82) is 0 Å². The molecule has 0 unspecified atom stereocenters. The quantitative estimate of drug-likeness (QED) is 0.847. The Bertz CT molecular complexity index is 434. The summed E-state index contributed by atoms with van der Waals surface area (Å²) in [4.78, 5) is 14.3. The van der Waals surface area contributed by atoms with Crippen molar-refractivity contribution < 1.29 is 4.79 Å². The smallest absolute Gasteiger partial charge is 0.254 e. The van der Waals surface area contributed by atoms with E-state index in [9.17, 15) is 4.79 Å². The van der Waals surface area contributed by atoms with Crippen LogP contribution in [-0.2, 0) is 0 Å². The van der Waals surface area contributed by atoms with Crippen LogP contribution in [0.4, 0.5) is 0 Å². The van der Waals surface area contributed by atoms with Crippen molar-refractivity contribution in [2.45, 2.75) is 26.8 Å². The normalized spacial score (nSPS) is 19.3. The number of carbonyl (C=O) groups is 1. The van der Waals surface area contributed by atoms with E-state index in [0.717, 1.165) is 25.2 Å². The molecule has 0 aliphatic carbocycles. The van der Waals surface area contributed by atoms with Gasteiger partial charge >= 0.3 is 0 Å². The molecule has 1 aromatic carbocycles. The predicted molar refractivity (Wildman–Crippen MR) is 76.5 cm³/mol. The maximum absolute atomic E-state index is 12.4. The highest BCUT2D eigenvalue weighted by Crippen LogP contribution is 2.14. The molecule has 1 fully saturated rings. The standard InChI is InChI=1S/C14H20N2O.ClH/c1-10-4-5-13(8-11(10)2)14(17)16-7-6-15-9-12(16)3;/h4-5,8,12,15H,6-7,9H2,1-3H3;1H/t12-;/m1./s1. The van der Waals surface area contributed by atoms with Crippen LogP contribution >= 0.6 is 12.4 Å². The van der Waals surface area contributed by atoms with Gasteiger partial charge in [0.05, 0.1) is 0 Å². The van der Waals surface area contributed by atoms with E-state index >= 15 is 0 Å². The van der Waals surface area contributed by atoms with E-state index in [2.05, 4.69) is 19.2 Å². The molecule has 4 heteroatoms. The zero-order chi connectivity index (χ0) is 12.4. The third kappa shape index (κ3) is 3.03. The minimum atomic E-state index is 0. The number of amides is 1. The monoisotopic (exact) mass is 268 g/mol. The highest BCUT2D eigenvalue weighted by Gasteiger charge is 2.23. The first kappa shape index (κ1) is 15.0. The first-order chi connectivity index (χ1) is 8.09. The van der Waals surface area contributed by atoms with Gasteiger partial charge in [-0.2, -0.15) is 0 Å². The van der Waals surface area contributed by atoms with Crippen LogP contribution < -0.4 is 5.32 Å². The van der Waals surface area contributed by atoms with E-state index in [1.165, 1.54) is 11.1 Å². The lowest BCUT2D eigenvalue weighted by Crippen LogP contribution is -2.52. The molecule has 18 heavy (non-hydrogen) atoms. The number of carbonyl (C=O) groups excluding carboxylic acids is 1. The summed E-state index contributed by atoms with van der Waals surface area (Å²) in [6.07, 6.45) is 0. The van der Waals surface area contributed by atoms with E-state index in [1.807, 2.05) is 30.0 Å². The van der Waals surface area contributed by atoms with E-state index < -0.39 is 0 Å². The molecule has 1 aliphatic heterocycles. The Morgan fingerprint density at radius 3 is 2.67 bits per heavy atom. The van der Waals surface area contributed by atoms with Crippen molar-refractivity contribution in [3.05, 3.63) is 34.9 Å². The summed E-state index contributed by atoms with van der Waals surface area (Å²) in [6, 6.07) is 6.22. The summed E-state index contributed by atoms with van der Waals surface area (Å²) >= 11 is 0. The zero-order valence-electron chi connectivity index (χ0n) is 11.2. The Labute approximate surface area is 115 Å². The topological polar surface area (TPSA) is 32.3 Å². The maximum atomic E-state index is 12.4. The molecule has 1 N–H and O–H groups in total. The number of hydrogen-bond donors (Lipinski definition) is 1. The zero-order valence-corrected chi connectivity index (χ0v) is 12.0. The van der Waals surface area contributed by atoms with Gasteiger partial charge in [-0.25, -0.2) is 0 Å². The van der Waals surface area contributed by atoms with Crippen LogP contribution in [0.3, 0.4) is 0 Å². The predicted octanol–water partition coefficient (Wildman–Crippen LogP) is 2.16. The highest BCUT2D eigenvalue weighted by molar-refractivity contribution is 5.94. The van der Waals surface area contributed by atoms with E-state index in [4.69, 9.17) is 0 Å². The molecule has 0 spiro atoms. The number of halogens is 1. The van der Waals surface area contributed by atoms with Gasteiger partial charge in [-0.15, -0.1) is 12.4 Å². The number of piperazine rings is 1. The number of nitrogens with one attached hydrogen (secondary N) is 1. The molecule has 1 heterocycles. The van der Waals surface area contributed by atoms with Crippen molar-refractivity contribution in [3.63, 3.8) is 0 Å². The van der Waals surface area contributed by atoms with Gasteiger partial charge < -0.3 is 10.2 Å². The van der Waals surface area contributed by atoms with Gasteiger partial charge in [0.15, 0.2) is 0 Å². The third-order valence-corrected chi connectivity index (χ3v) is 3.52. The van der Waals surface area contributed by atoms with Gasteiger partial charge in [0, 0.05) is 31.2 Å². The van der Waals surface area contributed by atoms with Crippen LogP contribution in [-0.4, -0.2) is 36.5 Å². The Kier molecular flexibility index (Phi) is 5.17.